The normalized spacial score (nSPS) is 12.9. The molecular formula is C14H22F3NO5SSi. The van der Waals surface area contributed by atoms with Crippen molar-refractivity contribution in [3.05, 3.63) is 30.1 Å². The van der Waals surface area contributed by atoms with Crippen LogP contribution in [0.1, 0.15) is 31.1 Å². The number of pyridine rings is 1. The second kappa shape index (κ2) is 7.83. The molecule has 0 radical (unpaired) electrons. The molecule has 11 heteroatoms. The molecule has 0 saturated carbocycles. The van der Waals surface area contributed by atoms with E-state index in [0.29, 0.717) is 5.56 Å². The smallest absolute Gasteiger partial charge is 0.485 e. The Morgan fingerprint density at radius 2 is 1.68 bits per heavy atom. The van der Waals surface area contributed by atoms with Crippen LogP contribution in [0.2, 0.25) is 18.1 Å². The van der Waals surface area contributed by atoms with Gasteiger partial charge in [-0.3, -0.25) is 4.23 Å². The highest BCUT2D eigenvalue weighted by molar-refractivity contribution is 7.86. The van der Waals surface area contributed by atoms with Crippen molar-refractivity contribution in [3.8, 4) is 0 Å². The molecule has 0 aromatic carbocycles. The molecule has 0 N–H and O–H groups in total. The fourth-order valence-electron chi connectivity index (χ4n) is 1.45. The summed E-state index contributed by atoms with van der Waals surface area (Å²) >= 11 is 0. The predicted octanol–water partition coefficient (Wildman–Crippen LogP) is 2.67. The number of nitrogens with zero attached hydrogens (tertiary/aromatic N) is 1. The molecule has 0 amide bonds. The van der Waals surface area contributed by atoms with E-state index in [1.54, 1.807) is 6.07 Å². The number of hydrogen-bond donors (Lipinski definition) is 0. The van der Waals surface area contributed by atoms with Crippen LogP contribution in [0.4, 0.5) is 13.2 Å². The lowest BCUT2D eigenvalue weighted by Gasteiger charge is -2.29. The van der Waals surface area contributed by atoms with Crippen LogP contribution in [0, 0.1) is 0 Å². The second-order valence-corrected chi connectivity index (χ2v) is 13.2. The zero-order chi connectivity index (χ0) is 20.3. The maximum Gasteiger partial charge on any atom is 0.485 e. The number of aromatic nitrogens is 1. The van der Waals surface area contributed by atoms with Gasteiger partial charge in [-0.2, -0.15) is 13.2 Å². The molecule has 0 aliphatic rings. The van der Waals surface area contributed by atoms with Crippen LogP contribution in [-0.4, -0.2) is 39.8 Å². The Balaban J connectivity index is 0.000000609. The Labute approximate surface area is 146 Å². The van der Waals surface area contributed by atoms with Gasteiger partial charge in [0, 0.05) is 11.1 Å². The van der Waals surface area contributed by atoms with E-state index in [0.717, 1.165) is 0 Å². The molecule has 0 unspecified atom stereocenters. The molecular weight excluding hydrogens is 379 g/mol. The van der Waals surface area contributed by atoms with Crippen molar-refractivity contribution in [1.29, 1.82) is 0 Å². The zero-order valence-corrected chi connectivity index (χ0v) is 16.7. The van der Waals surface area contributed by atoms with Gasteiger partial charge >= 0.3 is 19.7 Å². The van der Waals surface area contributed by atoms with Gasteiger partial charge in [0.05, 0.1) is 7.11 Å². The number of rotatable bonds is 2. The summed E-state index contributed by atoms with van der Waals surface area (Å²) in [6, 6.07) is 3.70. The Morgan fingerprint density at radius 1 is 1.24 bits per heavy atom. The van der Waals surface area contributed by atoms with Crippen molar-refractivity contribution in [2.75, 3.05) is 7.11 Å². The van der Waals surface area contributed by atoms with Crippen molar-refractivity contribution in [2.24, 2.45) is 0 Å². The fourth-order valence-corrected chi connectivity index (χ4v) is 3.14. The molecule has 1 rings (SSSR count). The topological polar surface area (TPSA) is 87.4 Å². The summed E-state index contributed by atoms with van der Waals surface area (Å²) in [5, 5.41) is 0.229. The highest BCUT2D eigenvalue weighted by atomic mass is 32.2. The Bertz CT molecular complexity index is 712. The summed E-state index contributed by atoms with van der Waals surface area (Å²) in [5.41, 5.74) is -5.03. The van der Waals surface area contributed by atoms with Crippen molar-refractivity contribution in [2.45, 2.75) is 44.4 Å². The number of esters is 1. The lowest BCUT2D eigenvalue weighted by molar-refractivity contribution is -0.550. The zero-order valence-electron chi connectivity index (χ0n) is 14.8. The number of hydrogen-bond acceptors (Lipinski definition) is 5. The fraction of sp³-hybridized carbons (Fsp3) is 0.571. The summed E-state index contributed by atoms with van der Waals surface area (Å²) in [6.07, 6.45) is 3.95. The molecule has 0 fully saturated rings. The Kier molecular flexibility index (Phi) is 7.37. The predicted molar refractivity (Wildman–Crippen MR) is 86.3 cm³/mol. The van der Waals surface area contributed by atoms with Gasteiger partial charge in [-0.15, -0.1) is 0 Å². The summed E-state index contributed by atoms with van der Waals surface area (Å²) < 4.78 is 65.9. The van der Waals surface area contributed by atoms with Gasteiger partial charge in [0.15, 0.2) is 16.3 Å². The average molecular weight is 401 g/mol. The molecule has 1 aromatic rings. The van der Waals surface area contributed by atoms with Crippen LogP contribution in [0.5, 0.6) is 0 Å². The molecule has 1 aromatic heterocycles. The molecule has 0 spiro atoms. The third-order valence-electron chi connectivity index (χ3n) is 3.99. The standard InChI is InChI=1S/C13H22NO2Si.CHF3O3S/c1-13(2,3)17(5,6)14-9-7-8-11(10-14)12(15)16-4;2-1(3,4)8(5,6)7/h7-10H,1-6H3;(H,5,6,7)/q+1;/p-1. The van der Waals surface area contributed by atoms with E-state index in [2.05, 4.69) is 38.1 Å². The van der Waals surface area contributed by atoms with E-state index in [1.165, 1.54) is 7.11 Å². The van der Waals surface area contributed by atoms with Gasteiger partial charge in [-0.25, -0.2) is 13.2 Å². The van der Waals surface area contributed by atoms with Gasteiger partial charge in [-0.1, -0.05) is 20.8 Å². The van der Waals surface area contributed by atoms with Crippen molar-refractivity contribution in [1.82, 2.24) is 0 Å². The summed E-state index contributed by atoms with van der Waals surface area (Å²) in [6.45, 7) is 11.3. The van der Waals surface area contributed by atoms with Crippen molar-refractivity contribution in [3.63, 3.8) is 0 Å². The van der Waals surface area contributed by atoms with E-state index < -0.39 is 23.9 Å². The number of carbonyl (C=O) groups excluding carboxylic acids is 1. The Hall–Kier alpha value is -1.46. The summed E-state index contributed by atoms with van der Waals surface area (Å²) in [4.78, 5) is 11.5. The van der Waals surface area contributed by atoms with Gasteiger partial charge in [0.25, 0.3) is 0 Å². The SMILES string of the molecule is COC(=O)c1ccc[n+]([Si](C)(C)C(C)(C)C)c1.O=S(=O)([O-])C(F)(F)F. The highest BCUT2D eigenvalue weighted by Gasteiger charge is 2.47. The van der Waals surface area contributed by atoms with Gasteiger partial charge < -0.3 is 9.29 Å². The van der Waals surface area contributed by atoms with Crippen LogP contribution < -0.4 is 4.23 Å². The van der Waals surface area contributed by atoms with E-state index in [4.69, 9.17) is 17.7 Å². The van der Waals surface area contributed by atoms with E-state index in [1.807, 2.05) is 18.5 Å². The van der Waals surface area contributed by atoms with Crippen molar-refractivity contribution < 1.29 is 39.9 Å². The first-order chi connectivity index (χ1) is 10.9. The van der Waals surface area contributed by atoms with Gasteiger partial charge in [0.2, 0.25) is 0 Å². The van der Waals surface area contributed by atoms with Gasteiger partial charge in [0.1, 0.15) is 11.8 Å². The molecule has 0 aliphatic heterocycles. The minimum Gasteiger partial charge on any atom is -0.741 e. The van der Waals surface area contributed by atoms with Crippen LogP contribution in [-0.2, 0) is 14.9 Å². The Morgan fingerprint density at radius 3 is 2.00 bits per heavy atom. The van der Waals surface area contributed by atoms with E-state index in [-0.39, 0.29) is 11.0 Å². The molecule has 0 saturated heterocycles. The van der Waals surface area contributed by atoms with Crippen LogP contribution in [0.25, 0.3) is 0 Å². The van der Waals surface area contributed by atoms with E-state index in [9.17, 15) is 18.0 Å². The number of ether oxygens (including phenoxy) is 1. The number of carbonyl (C=O) groups is 1. The second-order valence-electron chi connectivity index (χ2n) is 6.70. The maximum atomic E-state index is 11.5. The molecule has 0 atom stereocenters. The maximum absolute atomic E-state index is 11.5. The van der Waals surface area contributed by atoms with Crippen LogP contribution >= 0.6 is 0 Å². The first-order valence-electron chi connectivity index (χ1n) is 7.07. The average Bonchev–Trinajstić information content (AvgIpc) is 2.44. The highest BCUT2D eigenvalue weighted by Crippen LogP contribution is 2.33. The van der Waals surface area contributed by atoms with Crippen LogP contribution in [0.3, 0.4) is 0 Å². The number of alkyl halides is 3. The molecule has 6 nitrogen and oxygen atoms in total. The largest absolute Gasteiger partial charge is 0.741 e. The monoisotopic (exact) mass is 401 g/mol. The van der Waals surface area contributed by atoms with Crippen LogP contribution in [0.15, 0.2) is 24.5 Å². The minimum absolute atomic E-state index is 0.229. The van der Waals surface area contributed by atoms with Crippen molar-refractivity contribution >= 4 is 24.3 Å². The quantitative estimate of drug-likeness (QED) is 0.329. The summed E-state index contributed by atoms with van der Waals surface area (Å²) in [5.74, 6) is -0.280. The molecule has 144 valence electrons. The molecule has 0 bridgehead atoms. The first-order valence-corrected chi connectivity index (χ1v) is 11.4. The minimum atomic E-state index is -6.09. The third-order valence-corrected chi connectivity index (χ3v) is 9.79. The molecule has 25 heavy (non-hydrogen) atoms. The van der Waals surface area contributed by atoms with Gasteiger partial charge in [-0.05, 0) is 19.2 Å². The molecule has 0 aliphatic carbocycles. The van der Waals surface area contributed by atoms with E-state index >= 15 is 0 Å². The first kappa shape index (κ1) is 23.5. The third kappa shape index (κ3) is 6.40. The summed E-state index contributed by atoms with van der Waals surface area (Å²) in [7, 11) is -6.34. The number of methoxy groups -OCH3 is 1. The number of halogens is 3. The lowest BCUT2D eigenvalue weighted by atomic mass is 10.2. The molecule has 1 heterocycles. The lowest BCUT2D eigenvalue weighted by Crippen LogP contribution is -2.65.